The number of nitrogens with two attached hydrogens (primary N) is 1. The van der Waals surface area contributed by atoms with Gasteiger partial charge in [-0.05, 0) is 49.7 Å². The van der Waals surface area contributed by atoms with E-state index in [9.17, 15) is 19.0 Å². The Morgan fingerprint density at radius 3 is 2.51 bits per heavy atom. The number of aromatic nitrogens is 4. The Hall–Kier alpha value is -3.47. The van der Waals surface area contributed by atoms with Gasteiger partial charge in [0.15, 0.2) is 0 Å². The molecule has 0 saturated carbocycles. The lowest BCUT2D eigenvalue weighted by molar-refractivity contribution is 0.0778. The Labute approximate surface area is 213 Å². The minimum absolute atomic E-state index is 0.00818. The molecule has 5 rings (SSSR count). The predicted molar refractivity (Wildman–Crippen MR) is 136 cm³/mol. The van der Waals surface area contributed by atoms with Crippen molar-refractivity contribution in [3.8, 4) is 11.3 Å². The average molecular weight is 509 g/mol. The van der Waals surface area contributed by atoms with E-state index in [0.29, 0.717) is 30.9 Å². The molecule has 1 fully saturated rings. The van der Waals surface area contributed by atoms with Crippen molar-refractivity contribution < 1.29 is 19.0 Å². The van der Waals surface area contributed by atoms with Gasteiger partial charge < -0.3 is 20.8 Å². The van der Waals surface area contributed by atoms with Crippen molar-refractivity contribution in [1.29, 1.82) is 0 Å². The molecule has 37 heavy (non-hydrogen) atoms. The molecular formula is C27H30F2N6O2. The molecule has 3 aromatic heterocycles. The number of aliphatic hydroxyl groups excluding tert-OH is 1. The predicted octanol–water partition coefficient (Wildman–Crippen LogP) is 3.03. The van der Waals surface area contributed by atoms with Crippen LogP contribution in [0, 0.1) is 17.6 Å². The molecule has 0 radical (unpaired) electrons. The minimum Gasteiger partial charge on any atom is -0.391 e. The lowest BCUT2D eigenvalue weighted by atomic mass is 9.92. The van der Waals surface area contributed by atoms with Crippen LogP contribution in [0.15, 0.2) is 48.9 Å². The van der Waals surface area contributed by atoms with Crippen LogP contribution in [-0.4, -0.2) is 55.0 Å². The average Bonchev–Trinajstić information content (AvgIpc) is 3.23. The zero-order chi connectivity index (χ0) is 26.5. The fraction of sp³-hybridized carbons (Fsp3) is 0.370. The normalized spacial score (nSPS) is 20.5. The molecule has 4 aromatic rings. The monoisotopic (exact) mass is 508 g/mol. The van der Waals surface area contributed by atoms with Crippen LogP contribution in [0.3, 0.4) is 0 Å². The van der Waals surface area contributed by atoms with Gasteiger partial charge in [-0.25, -0.2) is 18.3 Å². The number of pyridine rings is 1. The maximum atomic E-state index is 15.0. The van der Waals surface area contributed by atoms with E-state index in [1.54, 1.807) is 35.2 Å². The summed E-state index contributed by atoms with van der Waals surface area (Å²) in [7, 11) is 0. The first-order valence-electron chi connectivity index (χ1n) is 12.2. The van der Waals surface area contributed by atoms with Gasteiger partial charge in [-0.2, -0.15) is 5.10 Å². The summed E-state index contributed by atoms with van der Waals surface area (Å²) in [5.41, 5.74) is 7.28. The van der Waals surface area contributed by atoms with Crippen molar-refractivity contribution in [1.82, 2.24) is 19.6 Å². The number of hydrogen-bond donors (Lipinski definition) is 3. The number of benzene rings is 1. The van der Waals surface area contributed by atoms with Crippen molar-refractivity contribution in [3.05, 3.63) is 77.5 Å². The van der Waals surface area contributed by atoms with E-state index >= 15 is 0 Å². The van der Waals surface area contributed by atoms with Crippen LogP contribution in [-0.2, 0) is 12.0 Å². The van der Waals surface area contributed by atoms with E-state index in [2.05, 4.69) is 20.0 Å². The highest BCUT2D eigenvalue weighted by molar-refractivity contribution is 5.63. The van der Waals surface area contributed by atoms with Crippen LogP contribution in [0.1, 0.15) is 37.7 Å². The summed E-state index contributed by atoms with van der Waals surface area (Å²) in [6, 6.07) is 7.05. The highest BCUT2D eigenvalue weighted by Crippen LogP contribution is 2.31. The number of anilines is 1. The summed E-state index contributed by atoms with van der Waals surface area (Å²) in [5.74, 6) is -1.03. The van der Waals surface area contributed by atoms with Gasteiger partial charge in [-0.1, -0.05) is 6.92 Å². The molecule has 1 aliphatic rings. The molecule has 0 bridgehead atoms. The Kier molecular flexibility index (Phi) is 6.43. The standard InChI is InChI=1S/C27H30F2N6O2/c1-15-13-34(14-21(30)26(15)36)23-6-7-31-11-16(23)8-24-32-12-18-4-5-22(33-35(18)24)25-19(28)9-17(10-20(25)29)27(2,3)37/h4-7,9-12,15,21,26,36-37H,8,13-14,30H2,1-3H3/t15-,21+,26+/m0/s1. The topological polar surface area (TPSA) is 113 Å². The lowest BCUT2D eigenvalue weighted by Crippen LogP contribution is -2.55. The van der Waals surface area contributed by atoms with Gasteiger partial charge in [0.25, 0.3) is 0 Å². The number of nitrogens with zero attached hydrogens (tertiary/aromatic N) is 5. The molecule has 1 saturated heterocycles. The minimum atomic E-state index is -1.38. The van der Waals surface area contributed by atoms with Gasteiger partial charge >= 0.3 is 0 Å². The summed E-state index contributed by atoms with van der Waals surface area (Å²) in [4.78, 5) is 10.9. The fourth-order valence-corrected chi connectivity index (χ4v) is 4.90. The zero-order valence-corrected chi connectivity index (χ0v) is 20.9. The zero-order valence-electron chi connectivity index (χ0n) is 20.9. The third-order valence-corrected chi connectivity index (χ3v) is 6.99. The second-order valence-electron chi connectivity index (χ2n) is 10.3. The Bertz CT molecular complexity index is 1420. The number of imidazole rings is 1. The van der Waals surface area contributed by atoms with Crippen LogP contribution in [0.5, 0.6) is 0 Å². The second kappa shape index (κ2) is 9.44. The summed E-state index contributed by atoms with van der Waals surface area (Å²) < 4.78 is 31.6. The first-order chi connectivity index (χ1) is 17.5. The molecule has 0 amide bonds. The molecule has 8 nitrogen and oxygen atoms in total. The van der Waals surface area contributed by atoms with Crippen LogP contribution < -0.4 is 10.6 Å². The first-order valence-corrected chi connectivity index (χ1v) is 12.2. The lowest BCUT2D eigenvalue weighted by Gasteiger charge is -2.40. The number of halogens is 2. The largest absolute Gasteiger partial charge is 0.391 e. The molecule has 10 heteroatoms. The fourth-order valence-electron chi connectivity index (χ4n) is 4.90. The van der Waals surface area contributed by atoms with Gasteiger partial charge in [0.1, 0.15) is 17.5 Å². The summed E-state index contributed by atoms with van der Waals surface area (Å²) in [5, 5.41) is 24.9. The van der Waals surface area contributed by atoms with E-state index in [4.69, 9.17) is 5.73 Å². The van der Waals surface area contributed by atoms with Crippen LogP contribution in [0.25, 0.3) is 16.8 Å². The van der Waals surface area contributed by atoms with Gasteiger partial charge in [0, 0.05) is 55.1 Å². The number of hydrogen-bond acceptors (Lipinski definition) is 7. The molecule has 3 atom stereocenters. The molecule has 4 N–H and O–H groups in total. The molecule has 0 unspecified atom stereocenters. The van der Waals surface area contributed by atoms with Crippen LogP contribution >= 0.6 is 0 Å². The maximum Gasteiger partial charge on any atom is 0.136 e. The van der Waals surface area contributed by atoms with Crippen molar-refractivity contribution in [2.75, 3.05) is 18.0 Å². The SMILES string of the molecule is C[C@H]1CN(c2ccncc2Cc2ncc3ccc(-c4c(F)cc(C(C)(C)O)cc4F)nn23)C[C@@H](N)[C@@H]1O. The van der Waals surface area contributed by atoms with Gasteiger partial charge in [0.05, 0.1) is 34.7 Å². The molecular weight excluding hydrogens is 478 g/mol. The summed E-state index contributed by atoms with van der Waals surface area (Å²) in [6.45, 7) is 6.06. The third kappa shape index (κ3) is 4.79. The quantitative estimate of drug-likeness (QED) is 0.380. The van der Waals surface area contributed by atoms with Gasteiger partial charge in [0.2, 0.25) is 0 Å². The smallest absolute Gasteiger partial charge is 0.136 e. The van der Waals surface area contributed by atoms with Crippen molar-refractivity contribution in [2.45, 2.75) is 44.9 Å². The van der Waals surface area contributed by atoms with Gasteiger partial charge in [-0.15, -0.1) is 0 Å². The highest BCUT2D eigenvalue weighted by atomic mass is 19.1. The first kappa shape index (κ1) is 25.2. The third-order valence-electron chi connectivity index (χ3n) is 6.99. The number of fused-ring (bicyclic) bond motifs is 1. The molecule has 194 valence electrons. The van der Waals surface area contributed by atoms with E-state index in [0.717, 1.165) is 23.4 Å². The Morgan fingerprint density at radius 1 is 1.11 bits per heavy atom. The number of piperidine rings is 1. The Balaban J connectivity index is 1.50. The summed E-state index contributed by atoms with van der Waals surface area (Å²) >= 11 is 0. The molecule has 4 heterocycles. The van der Waals surface area contributed by atoms with Crippen molar-refractivity contribution in [2.24, 2.45) is 11.7 Å². The molecule has 0 spiro atoms. The Morgan fingerprint density at radius 2 is 1.84 bits per heavy atom. The van der Waals surface area contributed by atoms with E-state index in [-0.39, 0.29) is 28.8 Å². The van der Waals surface area contributed by atoms with E-state index < -0.39 is 23.3 Å². The second-order valence-corrected chi connectivity index (χ2v) is 10.3. The molecule has 1 aromatic carbocycles. The maximum absolute atomic E-state index is 15.0. The van der Waals surface area contributed by atoms with E-state index in [1.807, 2.05) is 13.0 Å². The molecule has 0 aliphatic carbocycles. The number of rotatable bonds is 5. The van der Waals surface area contributed by atoms with Crippen molar-refractivity contribution in [3.63, 3.8) is 0 Å². The van der Waals surface area contributed by atoms with E-state index in [1.165, 1.54) is 13.8 Å². The highest BCUT2D eigenvalue weighted by Gasteiger charge is 2.32. The molecule has 1 aliphatic heterocycles. The van der Waals surface area contributed by atoms with Gasteiger partial charge in [-0.3, -0.25) is 4.98 Å². The summed E-state index contributed by atoms with van der Waals surface area (Å²) in [6.07, 6.45) is 4.94. The van der Waals surface area contributed by atoms with Crippen LogP contribution in [0.4, 0.5) is 14.5 Å². The van der Waals surface area contributed by atoms with Crippen molar-refractivity contribution >= 4 is 11.2 Å². The van der Waals surface area contributed by atoms with Crippen LogP contribution in [0.2, 0.25) is 0 Å². The number of aliphatic hydroxyl groups is 2.